The van der Waals surface area contributed by atoms with Gasteiger partial charge >= 0.3 is 0 Å². The van der Waals surface area contributed by atoms with Crippen molar-refractivity contribution in [3.05, 3.63) is 0 Å². The van der Waals surface area contributed by atoms with E-state index in [4.69, 9.17) is 0 Å². The van der Waals surface area contributed by atoms with Crippen LogP contribution in [-0.4, -0.2) is 35.8 Å². The van der Waals surface area contributed by atoms with E-state index in [1.165, 1.54) is 13.3 Å². The van der Waals surface area contributed by atoms with Crippen LogP contribution >= 0.6 is 0 Å². The van der Waals surface area contributed by atoms with Crippen molar-refractivity contribution in [2.24, 2.45) is 11.8 Å². The average molecular weight is 224 g/mol. The first kappa shape index (κ1) is 11.4. The predicted molar refractivity (Wildman–Crippen MR) is 60.7 cm³/mol. The van der Waals surface area contributed by atoms with Gasteiger partial charge in [-0.25, -0.2) is 0 Å². The number of likely N-dealkylation sites (tertiary alicyclic amines) is 1. The van der Waals surface area contributed by atoms with E-state index < -0.39 is 0 Å². The maximum absolute atomic E-state index is 11.9. The third-order valence-electron chi connectivity index (χ3n) is 3.77. The number of carbonyl (C=O) groups excluding carboxylic acids is 2. The van der Waals surface area contributed by atoms with Gasteiger partial charge in [0.25, 0.3) is 0 Å². The van der Waals surface area contributed by atoms with Crippen LogP contribution in [0.1, 0.15) is 33.1 Å². The molecule has 2 rings (SSSR count). The molecule has 1 aliphatic carbocycles. The summed E-state index contributed by atoms with van der Waals surface area (Å²) in [6.07, 6.45) is 2.98. The van der Waals surface area contributed by atoms with E-state index in [0.29, 0.717) is 5.92 Å². The molecule has 0 aromatic rings. The molecule has 2 fully saturated rings. The van der Waals surface area contributed by atoms with Crippen LogP contribution in [0.4, 0.5) is 0 Å². The molecule has 0 bridgehead atoms. The number of hydrogen-bond donors (Lipinski definition) is 1. The lowest BCUT2D eigenvalue weighted by molar-refractivity contribution is -0.136. The standard InChI is InChI=1S/C12H20N2O2/c1-8-6-10(8)7-13-12(16)11-4-3-5-14(11)9(2)15/h8,10-11H,3-7H2,1-2H3,(H,13,16)/t8?,10?,11-/m0/s1. The van der Waals surface area contributed by atoms with Crippen LogP contribution in [-0.2, 0) is 9.59 Å². The van der Waals surface area contributed by atoms with Crippen molar-refractivity contribution in [2.75, 3.05) is 13.1 Å². The van der Waals surface area contributed by atoms with Crippen molar-refractivity contribution < 1.29 is 9.59 Å². The molecule has 16 heavy (non-hydrogen) atoms. The third kappa shape index (κ3) is 2.36. The summed E-state index contributed by atoms with van der Waals surface area (Å²) in [6.45, 7) is 5.25. The topological polar surface area (TPSA) is 49.4 Å². The van der Waals surface area contributed by atoms with E-state index >= 15 is 0 Å². The summed E-state index contributed by atoms with van der Waals surface area (Å²) in [6, 6.07) is -0.216. The Labute approximate surface area is 96.4 Å². The summed E-state index contributed by atoms with van der Waals surface area (Å²) in [4.78, 5) is 24.9. The van der Waals surface area contributed by atoms with Gasteiger partial charge in [-0.2, -0.15) is 0 Å². The lowest BCUT2D eigenvalue weighted by atomic mass is 10.2. The van der Waals surface area contributed by atoms with E-state index in [9.17, 15) is 9.59 Å². The summed E-state index contributed by atoms with van der Waals surface area (Å²) in [5, 5.41) is 2.97. The Kier molecular flexibility index (Phi) is 3.17. The molecule has 1 saturated carbocycles. The molecular formula is C12H20N2O2. The van der Waals surface area contributed by atoms with Crippen LogP contribution in [0.15, 0.2) is 0 Å². The molecule has 1 heterocycles. The second-order valence-corrected chi connectivity index (χ2v) is 5.09. The second kappa shape index (κ2) is 4.44. The first-order chi connectivity index (χ1) is 7.59. The van der Waals surface area contributed by atoms with Gasteiger partial charge in [0.1, 0.15) is 6.04 Å². The highest BCUT2D eigenvalue weighted by atomic mass is 16.2. The van der Waals surface area contributed by atoms with E-state index in [1.807, 2.05) is 0 Å². The van der Waals surface area contributed by atoms with Crippen molar-refractivity contribution >= 4 is 11.8 Å². The quantitative estimate of drug-likeness (QED) is 0.769. The molecule has 0 aromatic heterocycles. The molecule has 3 atom stereocenters. The minimum atomic E-state index is -0.216. The molecule has 2 amide bonds. The Bertz CT molecular complexity index is 303. The highest BCUT2D eigenvalue weighted by Crippen LogP contribution is 2.36. The van der Waals surface area contributed by atoms with Crippen LogP contribution in [0.25, 0.3) is 0 Å². The first-order valence-electron chi connectivity index (χ1n) is 6.14. The maximum atomic E-state index is 11.9. The fraction of sp³-hybridized carbons (Fsp3) is 0.833. The molecule has 90 valence electrons. The van der Waals surface area contributed by atoms with Gasteiger partial charge in [0.2, 0.25) is 11.8 Å². The van der Waals surface area contributed by atoms with Gasteiger partial charge < -0.3 is 10.2 Å². The van der Waals surface area contributed by atoms with Crippen LogP contribution in [0.5, 0.6) is 0 Å². The van der Waals surface area contributed by atoms with E-state index in [2.05, 4.69) is 12.2 Å². The Morgan fingerprint density at radius 2 is 2.12 bits per heavy atom. The Balaban J connectivity index is 1.81. The van der Waals surface area contributed by atoms with Crippen LogP contribution in [0, 0.1) is 11.8 Å². The second-order valence-electron chi connectivity index (χ2n) is 5.09. The molecule has 0 aromatic carbocycles. The van der Waals surface area contributed by atoms with Crippen LogP contribution in [0.3, 0.4) is 0 Å². The number of rotatable bonds is 3. The zero-order valence-corrected chi connectivity index (χ0v) is 10.0. The minimum absolute atomic E-state index is 0.0115. The summed E-state index contributed by atoms with van der Waals surface area (Å²) < 4.78 is 0. The molecule has 0 spiro atoms. The molecule has 2 aliphatic rings. The molecule has 4 heteroatoms. The number of carbonyl (C=O) groups is 2. The van der Waals surface area contributed by atoms with Crippen molar-refractivity contribution in [3.8, 4) is 0 Å². The monoisotopic (exact) mass is 224 g/mol. The van der Waals surface area contributed by atoms with Gasteiger partial charge in [0.15, 0.2) is 0 Å². The van der Waals surface area contributed by atoms with E-state index in [0.717, 1.165) is 31.8 Å². The van der Waals surface area contributed by atoms with Gasteiger partial charge in [-0.05, 0) is 31.1 Å². The summed E-state index contributed by atoms with van der Waals surface area (Å²) in [5.74, 6) is 1.47. The van der Waals surface area contributed by atoms with Gasteiger partial charge in [-0.15, -0.1) is 0 Å². The normalized spacial score (nSPS) is 32.6. The summed E-state index contributed by atoms with van der Waals surface area (Å²) in [5.41, 5.74) is 0. The molecule has 1 aliphatic heterocycles. The van der Waals surface area contributed by atoms with Gasteiger partial charge in [-0.3, -0.25) is 9.59 Å². The van der Waals surface area contributed by atoms with Crippen molar-refractivity contribution in [1.82, 2.24) is 10.2 Å². The highest BCUT2D eigenvalue weighted by Gasteiger charge is 2.35. The number of nitrogens with zero attached hydrogens (tertiary/aromatic N) is 1. The molecule has 0 radical (unpaired) electrons. The fourth-order valence-corrected chi connectivity index (χ4v) is 2.45. The number of hydrogen-bond acceptors (Lipinski definition) is 2. The molecule has 1 N–H and O–H groups in total. The third-order valence-corrected chi connectivity index (χ3v) is 3.77. The SMILES string of the molecule is CC(=O)N1CCC[C@H]1C(=O)NCC1CC1C. The predicted octanol–water partition coefficient (Wildman–Crippen LogP) is 0.769. The lowest BCUT2D eigenvalue weighted by Gasteiger charge is -2.22. The average Bonchev–Trinajstić information content (AvgIpc) is 2.78. The smallest absolute Gasteiger partial charge is 0.242 e. The Morgan fingerprint density at radius 1 is 1.44 bits per heavy atom. The van der Waals surface area contributed by atoms with Crippen molar-refractivity contribution in [2.45, 2.75) is 39.2 Å². The van der Waals surface area contributed by atoms with Gasteiger partial charge in [-0.1, -0.05) is 6.92 Å². The zero-order chi connectivity index (χ0) is 11.7. The summed E-state index contributed by atoms with van der Waals surface area (Å²) >= 11 is 0. The van der Waals surface area contributed by atoms with Crippen LogP contribution < -0.4 is 5.32 Å². The zero-order valence-electron chi connectivity index (χ0n) is 10.0. The van der Waals surface area contributed by atoms with Crippen molar-refractivity contribution in [3.63, 3.8) is 0 Å². The Hall–Kier alpha value is -1.06. The Morgan fingerprint density at radius 3 is 2.69 bits per heavy atom. The highest BCUT2D eigenvalue weighted by molar-refractivity contribution is 5.87. The van der Waals surface area contributed by atoms with E-state index in [-0.39, 0.29) is 17.9 Å². The lowest BCUT2D eigenvalue weighted by Crippen LogP contribution is -2.45. The number of nitrogens with one attached hydrogen (secondary N) is 1. The molecule has 1 saturated heterocycles. The molecular weight excluding hydrogens is 204 g/mol. The molecule has 2 unspecified atom stereocenters. The fourth-order valence-electron chi connectivity index (χ4n) is 2.45. The van der Waals surface area contributed by atoms with Gasteiger partial charge in [0.05, 0.1) is 0 Å². The number of amides is 2. The maximum Gasteiger partial charge on any atom is 0.242 e. The van der Waals surface area contributed by atoms with Crippen LogP contribution in [0.2, 0.25) is 0 Å². The minimum Gasteiger partial charge on any atom is -0.354 e. The van der Waals surface area contributed by atoms with Gasteiger partial charge in [0, 0.05) is 20.0 Å². The van der Waals surface area contributed by atoms with Crippen molar-refractivity contribution in [1.29, 1.82) is 0 Å². The molecule has 4 nitrogen and oxygen atoms in total. The largest absolute Gasteiger partial charge is 0.354 e. The summed E-state index contributed by atoms with van der Waals surface area (Å²) in [7, 11) is 0. The first-order valence-corrected chi connectivity index (χ1v) is 6.14. The van der Waals surface area contributed by atoms with E-state index in [1.54, 1.807) is 4.90 Å².